The number of nitrogens with one attached hydrogen (secondary N) is 1. The molecule has 0 bridgehead atoms. The van der Waals surface area contributed by atoms with Crippen molar-refractivity contribution >= 4 is 22.9 Å². The lowest BCUT2D eigenvalue weighted by Gasteiger charge is -2.35. The molecule has 1 aromatic carbocycles. The SMILES string of the molecule is C=C(CCCCN(C)C)N=C1C(F)=C2C(=C/C1=C(/C)N1CCNC(C)C1)C(Cl)c1cccc(F)c12. The minimum absolute atomic E-state index is 0.225. The number of aliphatic imine (C=N–C) groups is 1. The van der Waals surface area contributed by atoms with Crippen LogP contribution in [0.1, 0.15) is 49.6 Å². The number of hydrogen-bond acceptors (Lipinski definition) is 4. The van der Waals surface area contributed by atoms with E-state index in [0.29, 0.717) is 34.9 Å². The van der Waals surface area contributed by atoms with Crippen molar-refractivity contribution in [2.24, 2.45) is 4.99 Å². The van der Waals surface area contributed by atoms with E-state index in [1.54, 1.807) is 12.1 Å². The zero-order chi connectivity index (χ0) is 25.3. The summed E-state index contributed by atoms with van der Waals surface area (Å²) in [6.07, 6.45) is 4.52. The predicted octanol–water partition coefficient (Wildman–Crippen LogP) is 5.99. The van der Waals surface area contributed by atoms with Crippen LogP contribution in [0.5, 0.6) is 0 Å². The minimum atomic E-state index is -0.609. The molecule has 2 atom stereocenters. The van der Waals surface area contributed by atoms with Gasteiger partial charge in [-0.3, -0.25) is 4.99 Å². The van der Waals surface area contributed by atoms with Crippen molar-refractivity contribution < 1.29 is 8.78 Å². The summed E-state index contributed by atoms with van der Waals surface area (Å²) in [6.45, 7) is 11.7. The van der Waals surface area contributed by atoms with Crippen LogP contribution in [0.3, 0.4) is 0 Å². The molecular formula is C28H35ClF2N4. The Morgan fingerprint density at radius 1 is 1.29 bits per heavy atom. The Kier molecular flexibility index (Phi) is 7.94. The molecule has 2 unspecified atom stereocenters. The monoisotopic (exact) mass is 500 g/mol. The van der Waals surface area contributed by atoms with E-state index in [-0.39, 0.29) is 16.8 Å². The van der Waals surface area contributed by atoms with Crippen molar-refractivity contribution in [1.29, 1.82) is 0 Å². The molecule has 2 aliphatic carbocycles. The number of hydrogen-bond donors (Lipinski definition) is 1. The summed E-state index contributed by atoms with van der Waals surface area (Å²) in [5, 5.41) is 2.84. The maximum atomic E-state index is 16.3. The molecular weight excluding hydrogens is 466 g/mol. The van der Waals surface area contributed by atoms with E-state index in [1.165, 1.54) is 6.07 Å². The topological polar surface area (TPSA) is 30.9 Å². The molecule has 0 spiro atoms. The Morgan fingerprint density at radius 2 is 2.06 bits per heavy atom. The molecule has 1 aromatic rings. The first kappa shape index (κ1) is 25.8. The molecule has 1 N–H and O–H groups in total. The molecule has 0 saturated carbocycles. The molecule has 0 aromatic heterocycles. The fraction of sp³-hybridized carbons (Fsp3) is 0.464. The number of benzene rings is 1. The Balaban J connectivity index is 1.77. The van der Waals surface area contributed by atoms with Gasteiger partial charge < -0.3 is 15.1 Å². The highest BCUT2D eigenvalue weighted by Crippen LogP contribution is 2.53. The van der Waals surface area contributed by atoms with Crippen molar-refractivity contribution in [1.82, 2.24) is 15.1 Å². The van der Waals surface area contributed by atoms with Crippen LogP contribution in [-0.4, -0.2) is 61.8 Å². The summed E-state index contributed by atoms with van der Waals surface area (Å²) in [7, 11) is 4.09. The molecule has 7 heteroatoms. The molecule has 1 heterocycles. The summed E-state index contributed by atoms with van der Waals surface area (Å²) >= 11 is 6.75. The van der Waals surface area contributed by atoms with E-state index in [0.717, 1.165) is 44.7 Å². The van der Waals surface area contributed by atoms with Crippen molar-refractivity contribution in [3.63, 3.8) is 0 Å². The zero-order valence-corrected chi connectivity index (χ0v) is 21.9. The third-order valence-corrected chi connectivity index (χ3v) is 7.41. The average molecular weight is 501 g/mol. The van der Waals surface area contributed by atoms with Crippen LogP contribution in [0.15, 0.2) is 64.2 Å². The zero-order valence-electron chi connectivity index (χ0n) is 21.1. The molecule has 0 amide bonds. The van der Waals surface area contributed by atoms with Gasteiger partial charge in [0.25, 0.3) is 0 Å². The molecule has 4 rings (SSSR count). The second kappa shape index (κ2) is 10.8. The summed E-state index contributed by atoms with van der Waals surface area (Å²) in [6, 6.07) is 5.06. The summed E-state index contributed by atoms with van der Waals surface area (Å²) in [5.74, 6) is -0.993. The van der Waals surface area contributed by atoms with Crippen LogP contribution < -0.4 is 5.32 Å². The number of nitrogens with zero attached hydrogens (tertiary/aromatic N) is 3. The van der Waals surface area contributed by atoms with E-state index in [2.05, 4.69) is 28.6 Å². The van der Waals surface area contributed by atoms with Crippen LogP contribution in [-0.2, 0) is 0 Å². The Morgan fingerprint density at radius 3 is 2.77 bits per heavy atom. The largest absolute Gasteiger partial charge is 0.372 e. The van der Waals surface area contributed by atoms with Crippen LogP contribution >= 0.6 is 11.6 Å². The third kappa shape index (κ3) is 5.30. The third-order valence-electron chi connectivity index (χ3n) is 6.94. The summed E-state index contributed by atoms with van der Waals surface area (Å²) in [5.41, 5.74) is 4.15. The van der Waals surface area contributed by atoms with Gasteiger partial charge in [0.15, 0.2) is 5.83 Å². The predicted molar refractivity (Wildman–Crippen MR) is 142 cm³/mol. The van der Waals surface area contributed by atoms with Gasteiger partial charge in [-0.05, 0) is 77.0 Å². The number of halogens is 3. The molecule has 4 nitrogen and oxygen atoms in total. The quantitative estimate of drug-likeness (QED) is 0.368. The van der Waals surface area contributed by atoms with Gasteiger partial charge in [0, 0.05) is 53.8 Å². The highest BCUT2D eigenvalue weighted by Gasteiger charge is 2.40. The van der Waals surface area contributed by atoms with Crippen LogP contribution in [0.25, 0.3) is 5.57 Å². The van der Waals surface area contributed by atoms with E-state index in [9.17, 15) is 4.39 Å². The lowest BCUT2D eigenvalue weighted by molar-refractivity contribution is 0.255. The second-order valence-corrected chi connectivity index (χ2v) is 10.4. The second-order valence-electron chi connectivity index (χ2n) is 9.94. The van der Waals surface area contributed by atoms with E-state index >= 15 is 4.39 Å². The van der Waals surface area contributed by atoms with Crippen molar-refractivity contribution in [3.8, 4) is 0 Å². The Bertz CT molecular complexity index is 1130. The lowest BCUT2D eigenvalue weighted by atomic mass is 9.90. The number of fused-ring (bicyclic) bond motifs is 3. The number of alkyl halides is 1. The molecule has 35 heavy (non-hydrogen) atoms. The number of rotatable bonds is 7. The van der Waals surface area contributed by atoms with Crippen molar-refractivity contribution in [3.05, 3.63) is 76.2 Å². The van der Waals surface area contributed by atoms with E-state index in [1.807, 2.05) is 27.1 Å². The Hall–Kier alpha value is -2.28. The van der Waals surface area contributed by atoms with Gasteiger partial charge in [-0.1, -0.05) is 18.7 Å². The van der Waals surface area contributed by atoms with Gasteiger partial charge in [-0.25, -0.2) is 8.78 Å². The highest BCUT2D eigenvalue weighted by molar-refractivity contribution is 6.30. The summed E-state index contributed by atoms with van der Waals surface area (Å²) < 4.78 is 31.2. The van der Waals surface area contributed by atoms with Gasteiger partial charge in [-0.15, -0.1) is 11.6 Å². The normalized spacial score (nSPS) is 24.6. The van der Waals surface area contributed by atoms with E-state index < -0.39 is 17.0 Å². The van der Waals surface area contributed by atoms with Gasteiger partial charge in [0.1, 0.15) is 11.5 Å². The van der Waals surface area contributed by atoms with Gasteiger partial charge >= 0.3 is 0 Å². The summed E-state index contributed by atoms with van der Waals surface area (Å²) in [4.78, 5) is 9.10. The first-order valence-electron chi connectivity index (χ1n) is 12.3. The fourth-order valence-electron chi connectivity index (χ4n) is 5.06. The molecule has 1 fully saturated rings. The van der Waals surface area contributed by atoms with E-state index in [4.69, 9.17) is 16.6 Å². The van der Waals surface area contributed by atoms with Gasteiger partial charge in [-0.2, -0.15) is 0 Å². The lowest BCUT2D eigenvalue weighted by Crippen LogP contribution is -2.48. The minimum Gasteiger partial charge on any atom is -0.372 e. The maximum absolute atomic E-state index is 16.3. The highest BCUT2D eigenvalue weighted by atomic mass is 35.5. The number of piperazine rings is 1. The van der Waals surface area contributed by atoms with Gasteiger partial charge in [0.2, 0.25) is 0 Å². The Labute approximate surface area is 212 Å². The number of allylic oxidation sites excluding steroid dienone is 7. The molecule has 0 radical (unpaired) electrons. The van der Waals surface area contributed by atoms with Gasteiger partial charge in [0.05, 0.1) is 5.38 Å². The van der Waals surface area contributed by atoms with Crippen molar-refractivity contribution in [2.45, 2.75) is 44.5 Å². The smallest absolute Gasteiger partial charge is 0.157 e. The van der Waals surface area contributed by atoms with Crippen LogP contribution in [0.4, 0.5) is 8.78 Å². The van der Waals surface area contributed by atoms with Crippen LogP contribution in [0, 0.1) is 5.82 Å². The first-order chi connectivity index (χ1) is 16.7. The molecule has 3 aliphatic rings. The van der Waals surface area contributed by atoms with Crippen molar-refractivity contribution in [2.75, 3.05) is 40.3 Å². The molecule has 1 saturated heterocycles. The average Bonchev–Trinajstić information content (AvgIpc) is 3.11. The number of unbranched alkanes of at least 4 members (excludes halogenated alkanes) is 1. The standard InChI is InChI=1S/C28H35ClF2N4/c1-17(9-6-7-13-34(4)5)33-28-21(19(3)35-14-12-32-18(2)16-35)15-22-25(27(28)31)24-20(26(22)29)10-8-11-23(24)30/h8,10-11,15,18,26,32H,1,6-7,9,12-14,16H2,2-5H3/b21-19+,33-28?. The van der Waals surface area contributed by atoms with Crippen LogP contribution in [0.2, 0.25) is 0 Å². The fourth-order valence-corrected chi connectivity index (χ4v) is 5.41. The first-order valence-corrected chi connectivity index (χ1v) is 12.8. The molecule has 188 valence electrons. The maximum Gasteiger partial charge on any atom is 0.157 e. The molecule has 1 aliphatic heterocycles.